The highest BCUT2D eigenvalue weighted by Gasteiger charge is 2.34. The number of halogens is 2. The molecule has 1 aliphatic carbocycles. The summed E-state index contributed by atoms with van der Waals surface area (Å²) in [5.41, 5.74) is 0.446. The number of anilines is 3. The van der Waals surface area contributed by atoms with Crippen molar-refractivity contribution in [1.82, 2.24) is 24.4 Å². The van der Waals surface area contributed by atoms with E-state index in [2.05, 4.69) is 15.3 Å². The number of hydrogen-bond acceptors (Lipinski definition) is 9. The minimum Gasteiger partial charge on any atom is -0.465 e. The molecule has 0 bridgehead atoms. The quantitative estimate of drug-likeness (QED) is 0.288. The Labute approximate surface area is 197 Å². The molecule has 9 nitrogen and oxygen atoms in total. The summed E-state index contributed by atoms with van der Waals surface area (Å²) < 4.78 is 6.67. The third-order valence-corrected chi connectivity index (χ3v) is 6.39. The fraction of sp³-hybridized carbons (Fsp3) is 0.524. The number of nitrogens with zero attached hydrogens (tertiary/aromatic N) is 6. The van der Waals surface area contributed by atoms with Gasteiger partial charge < -0.3 is 10.1 Å². The second-order valence-corrected chi connectivity index (χ2v) is 8.90. The molecule has 1 saturated carbocycles. The highest BCUT2D eigenvalue weighted by molar-refractivity contribution is 6.21. The predicted octanol–water partition coefficient (Wildman–Crippen LogP) is 3.71. The molecular formula is C21H27Cl2N7O2. The minimum atomic E-state index is -0.468. The molecule has 1 atom stereocenters. The minimum absolute atomic E-state index is 0.254. The van der Waals surface area contributed by atoms with Crippen LogP contribution in [0.3, 0.4) is 0 Å². The van der Waals surface area contributed by atoms with Crippen LogP contribution in [-0.4, -0.2) is 68.6 Å². The topological polar surface area (TPSA) is 86.7 Å². The van der Waals surface area contributed by atoms with Gasteiger partial charge >= 0.3 is 5.97 Å². The van der Waals surface area contributed by atoms with Crippen LogP contribution in [0, 0.1) is 6.92 Å². The van der Waals surface area contributed by atoms with Gasteiger partial charge in [-0.15, -0.1) is 11.6 Å². The molecule has 0 radical (unpaired) electrons. The summed E-state index contributed by atoms with van der Waals surface area (Å²) in [4.78, 5) is 26.5. The number of aryl methyl sites for hydroxylation is 1. The van der Waals surface area contributed by atoms with E-state index in [4.69, 9.17) is 33.1 Å². The van der Waals surface area contributed by atoms with E-state index < -0.39 is 11.5 Å². The first-order chi connectivity index (χ1) is 15.5. The largest absolute Gasteiger partial charge is 0.465 e. The average molecular weight is 480 g/mol. The Morgan fingerprint density at radius 1 is 1.25 bits per heavy atom. The molecule has 32 heavy (non-hydrogen) atoms. The molecule has 2 aromatic rings. The molecule has 1 unspecified atom stereocenters. The van der Waals surface area contributed by atoms with Crippen molar-refractivity contribution < 1.29 is 9.53 Å². The van der Waals surface area contributed by atoms with E-state index in [1.165, 1.54) is 7.11 Å². The summed E-state index contributed by atoms with van der Waals surface area (Å²) in [6.45, 7) is 3.41. The first-order valence-electron chi connectivity index (χ1n) is 10.7. The highest BCUT2D eigenvalue weighted by Crippen LogP contribution is 2.31. The van der Waals surface area contributed by atoms with Gasteiger partial charge in [0.05, 0.1) is 12.8 Å². The molecule has 2 fully saturated rings. The molecule has 3 heterocycles. The smallest absolute Gasteiger partial charge is 0.343 e. The van der Waals surface area contributed by atoms with Crippen LogP contribution in [0.15, 0.2) is 24.4 Å². The normalized spacial score (nSPS) is 20.3. The third-order valence-electron chi connectivity index (χ3n) is 5.72. The summed E-state index contributed by atoms with van der Waals surface area (Å²) in [7, 11) is 1.36. The zero-order chi connectivity index (χ0) is 22.7. The number of hydrazine groups is 1. The molecule has 1 N–H and O–H groups in total. The van der Waals surface area contributed by atoms with E-state index in [-0.39, 0.29) is 6.04 Å². The fourth-order valence-electron chi connectivity index (χ4n) is 4.12. The lowest BCUT2D eigenvalue weighted by molar-refractivity contribution is 0.0600. The van der Waals surface area contributed by atoms with Crippen molar-refractivity contribution in [1.29, 1.82) is 0 Å². The Bertz CT molecular complexity index is 943. The lowest BCUT2D eigenvalue weighted by Gasteiger charge is -2.41. The first-order valence-corrected chi connectivity index (χ1v) is 11.5. The maximum Gasteiger partial charge on any atom is 0.343 e. The molecule has 0 spiro atoms. The standard InChI is InChI=1S/C21H27Cl2N7O2/c1-14-18(20(31)32-2)19(26-15-7-3-4-8-15)27-21(25-14)30(17-9-5-6-10-24-17)29-12-11-28(23)13-16(29)22/h5-6,9-10,15-16H,3-4,7-8,11-13H2,1-2H3,(H,25,26,27). The molecule has 172 valence electrons. The van der Waals surface area contributed by atoms with E-state index in [1.807, 2.05) is 23.2 Å². The molecule has 0 aromatic carbocycles. The van der Waals surface area contributed by atoms with Gasteiger partial charge in [0.1, 0.15) is 22.7 Å². The van der Waals surface area contributed by atoms with Crippen molar-refractivity contribution in [2.45, 2.75) is 44.1 Å². The monoisotopic (exact) mass is 479 g/mol. The molecule has 1 aliphatic heterocycles. The van der Waals surface area contributed by atoms with Crippen molar-refractivity contribution >= 4 is 46.9 Å². The lowest BCUT2D eigenvalue weighted by Crippen LogP contribution is -2.55. The predicted molar refractivity (Wildman–Crippen MR) is 124 cm³/mol. The van der Waals surface area contributed by atoms with Gasteiger partial charge in [0.2, 0.25) is 5.95 Å². The van der Waals surface area contributed by atoms with Crippen molar-refractivity contribution in [2.75, 3.05) is 37.1 Å². The lowest BCUT2D eigenvalue weighted by atomic mass is 10.2. The van der Waals surface area contributed by atoms with Gasteiger partial charge in [-0.05, 0) is 43.7 Å². The Kier molecular flexibility index (Phi) is 7.30. The number of pyridine rings is 1. The van der Waals surface area contributed by atoms with E-state index in [9.17, 15) is 4.79 Å². The van der Waals surface area contributed by atoms with Gasteiger partial charge in [0.25, 0.3) is 0 Å². The Morgan fingerprint density at radius 3 is 2.69 bits per heavy atom. The number of ether oxygens (including phenoxy) is 1. The summed E-state index contributed by atoms with van der Waals surface area (Å²) >= 11 is 12.9. The Hall–Kier alpha value is -2.20. The van der Waals surface area contributed by atoms with Gasteiger partial charge in [-0.2, -0.15) is 9.99 Å². The zero-order valence-corrected chi connectivity index (χ0v) is 19.7. The van der Waals surface area contributed by atoms with Crippen molar-refractivity contribution in [3.63, 3.8) is 0 Å². The number of rotatable bonds is 6. The average Bonchev–Trinajstić information content (AvgIpc) is 3.29. The number of piperazine rings is 1. The molecular weight excluding hydrogens is 453 g/mol. The number of carbonyl (C=O) groups is 1. The molecule has 2 aromatic heterocycles. The van der Waals surface area contributed by atoms with Gasteiger partial charge in [-0.3, -0.25) is 0 Å². The molecule has 0 amide bonds. The second-order valence-electron chi connectivity index (χ2n) is 7.92. The number of nitrogens with one attached hydrogen (secondary N) is 1. The van der Waals surface area contributed by atoms with Gasteiger partial charge in [-0.1, -0.05) is 18.9 Å². The van der Waals surface area contributed by atoms with Crippen LogP contribution in [0.2, 0.25) is 0 Å². The molecule has 1 saturated heterocycles. The number of carbonyl (C=O) groups excluding carboxylic acids is 1. The SMILES string of the molecule is COC(=O)c1c(C)nc(N(c2ccccn2)N2CCN(Cl)CC2Cl)nc1NC1CCCC1. The Balaban J connectivity index is 1.79. The number of alkyl halides is 1. The van der Waals surface area contributed by atoms with Crippen molar-refractivity contribution in [2.24, 2.45) is 0 Å². The third kappa shape index (κ3) is 4.91. The van der Waals surface area contributed by atoms with Crippen molar-refractivity contribution in [3.8, 4) is 0 Å². The van der Waals surface area contributed by atoms with Crippen molar-refractivity contribution in [3.05, 3.63) is 35.7 Å². The van der Waals surface area contributed by atoms with Crippen LogP contribution < -0.4 is 10.3 Å². The van der Waals surface area contributed by atoms with Gasteiger partial charge in [0.15, 0.2) is 0 Å². The van der Waals surface area contributed by atoms with Crippen LogP contribution in [0.5, 0.6) is 0 Å². The molecule has 11 heteroatoms. The second kappa shape index (κ2) is 10.2. The van der Waals surface area contributed by atoms with E-state index in [1.54, 1.807) is 22.5 Å². The molecule has 2 aliphatic rings. The number of methoxy groups -OCH3 is 1. The van der Waals surface area contributed by atoms with Crippen LogP contribution >= 0.6 is 23.4 Å². The van der Waals surface area contributed by atoms with Crippen LogP contribution in [0.4, 0.5) is 17.6 Å². The molecule has 4 rings (SSSR count). The summed E-state index contributed by atoms with van der Waals surface area (Å²) in [5, 5.41) is 7.19. The van der Waals surface area contributed by atoms with Crippen LogP contribution in [0.1, 0.15) is 41.7 Å². The fourth-order valence-corrected chi connectivity index (χ4v) is 4.75. The van der Waals surface area contributed by atoms with Gasteiger partial charge in [-0.25, -0.2) is 24.2 Å². The summed E-state index contributed by atoms with van der Waals surface area (Å²) in [6.07, 6.45) is 6.07. The number of esters is 1. The number of hydrogen-bond donors (Lipinski definition) is 1. The van der Waals surface area contributed by atoms with E-state index >= 15 is 0 Å². The first kappa shape index (κ1) is 23.0. The number of aromatic nitrogens is 3. The zero-order valence-electron chi connectivity index (χ0n) is 18.2. The van der Waals surface area contributed by atoms with Crippen LogP contribution in [0.25, 0.3) is 0 Å². The maximum atomic E-state index is 12.5. The van der Waals surface area contributed by atoms with E-state index in [0.29, 0.717) is 48.5 Å². The van der Waals surface area contributed by atoms with Crippen LogP contribution in [-0.2, 0) is 4.74 Å². The Morgan fingerprint density at radius 2 is 2.03 bits per heavy atom. The highest BCUT2D eigenvalue weighted by atomic mass is 35.5. The van der Waals surface area contributed by atoms with E-state index in [0.717, 1.165) is 25.7 Å². The maximum absolute atomic E-state index is 12.5. The summed E-state index contributed by atoms with van der Waals surface area (Å²) in [6, 6.07) is 5.86. The summed E-state index contributed by atoms with van der Waals surface area (Å²) in [5.74, 6) is 1.00. The van der Waals surface area contributed by atoms with Gasteiger partial charge in [0, 0.05) is 31.9 Å².